The van der Waals surface area contributed by atoms with E-state index in [9.17, 15) is 0 Å². The number of hydrogen-bond donors (Lipinski definition) is 0. The topological polar surface area (TPSA) is 12.5 Å². The van der Waals surface area contributed by atoms with Gasteiger partial charge in [-0.3, -0.25) is 4.90 Å². The highest BCUT2D eigenvalue weighted by atomic mass is 32.1. The van der Waals surface area contributed by atoms with Crippen molar-refractivity contribution in [3.8, 4) is 0 Å². The zero-order chi connectivity index (χ0) is 16.1. The van der Waals surface area contributed by atoms with Gasteiger partial charge in [0.25, 0.3) is 0 Å². The number of benzene rings is 1. The summed E-state index contributed by atoms with van der Waals surface area (Å²) in [5.41, 5.74) is 2.97. The Morgan fingerprint density at radius 1 is 1.09 bits per heavy atom. The van der Waals surface area contributed by atoms with Gasteiger partial charge in [-0.25, -0.2) is 0 Å². The minimum Gasteiger partial charge on any atom is -0.379 e. The van der Waals surface area contributed by atoms with Crippen molar-refractivity contribution in [3.63, 3.8) is 0 Å². The third kappa shape index (κ3) is 4.03. The molecule has 0 aliphatic heterocycles. The van der Waals surface area contributed by atoms with Gasteiger partial charge in [-0.05, 0) is 48.4 Å². The van der Waals surface area contributed by atoms with Crippen molar-refractivity contribution < 1.29 is 4.74 Å². The van der Waals surface area contributed by atoms with E-state index in [0.29, 0.717) is 12.1 Å². The Balaban J connectivity index is 1.74. The first kappa shape index (κ1) is 16.7. The van der Waals surface area contributed by atoms with E-state index >= 15 is 0 Å². The first-order valence-electron chi connectivity index (χ1n) is 8.67. The summed E-state index contributed by atoms with van der Waals surface area (Å²) in [5.74, 6) is 0. The molecule has 0 spiro atoms. The van der Waals surface area contributed by atoms with Crippen LogP contribution in [0.25, 0.3) is 0 Å². The van der Waals surface area contributed by atoms with Gasteiger partial charge in [0.2, 0.25) is 0 Å². The molecule has 2 atom stereocenters. The van der Waals surface area contributed by atoms with Gasteiger partial charge in [-0.2, -0.15) is 0 Å². The van der Waals surface area contributed by atoms with Crippen LogP contribution in [0.5, 0.6) is 0 Å². The average molecular weight is 330 g/mol. The van der Waals surface area contributed by atoms with Crippen LogP contribution in [-0.4, -0.2) is 37.2 Å². The highest BCUT2D eigenvalue weighted by Crippen LogP contribution is 2.27. The molecule has 1 heterocycles. The summed E-state index contributed by atoms with van der Waals surface area (Å²) in [5, 5.41) is 2.17. The number of hydrogen-bond acceptors (Lipinski definition) is 3. The normalized spacial score (nSPS) is 20.7. The molecule has 2 nitrogen and oxygen atoms in total. The van der Waals surface area contributed by atoms with Gasteiger partial charge in [-0.1, -0.05) is 37.3 Å². The predicted octanol–water partition coefficient (Wildman–Crippen LogP) is 4.19. The molecule has 1 aromatic carbocycles. The van der Waals surface area contributed by atoms with Gasteiger partial charge >= 0.3 is 0 Å². The molecule has 0 unspecified atom stereocenters. The fourth-order valence-corrected chi connectivity index (χ4v) is 4.41. The van der Waals surface area contributed by atoms with Crippen molar-refractivity contribution in [2.45, 2.75) is 44.8 Å². The zero-order valence-electron chi connectivity index (χ0n) is 14.2. The van der Waals surface area contributed by atoms with E-state index in [2.05, 4.69) is 53.6 Å². The Kier molecular flexibility index (Phi) is 5.87. The standard InChI is InChI=1S/C20H27NOS/c1-3-11-21(12-10-18-9-6-13-23-18)19-14-16-7-4-5-8-17(16)15-20(19)22-2/h4-9,13,19-20H,3,10-12,14-15H2,1-2H3/t19-,20-/m1/s1. The van der Waals surface area contributed by atoms with Gasteiger partial charge in [0.1, 0.15) is 0 Å². The molecule has 3 rings (SSSR count). The maximum Gasteiger partial charge on any atom is 0.0770 e. The summed E-state index contributed by atoms with van der Waals surface area (Å²) in [4.78, 5) is 4.14. The van der Waals surface area contributed by atoms with Gasteiger partial charge in [0.05, 0.1) is 6.10 Å². The van der Waals surface area contributed by atoms with Gasteiger partial charge in [0, 0.05) is 31.0 Å². The Morgan fingerprint density at radius 2 is 1.87 bits per heavy atom. The maximum absolute atomic E-state index is 5.89. The van der Waals surface area contributed by atoms with Crippen LogP contribution < -0.4 is 0 Å². The zero-order valence-corrected chi connectivity index (χ0v) is 15.0. The van der Waals surface area contributed by atoms with Crippen LogP contribution in [0.3, 0.4) is 0 Å². The fourth-order valence-electron chi connectivity index (χ4n) is 3.71. The van der Waals surface area contributed by atoms with Crippen LogP contribution in [-0.2, 0) is 24.0 Å². The van der Waals surface area contributed by atoms with Crippen LogP contribution >= 0.6 is 11.3 Å². The second-order valence-corrected chi connectivity index (χ2v) is 7.42. The highest BCUT2D eigenvalue weighted by Gasteiger charge is 2.32. The minimum absolute atomic E-state index is 0.305. The monoisotopic (exact) mass is 329 g/mol. The average Bonchev–Trinajstić information content (AvgIpc) is 3.11. The van der Waals surface area contributed by atoms with E-state index in [4.69, 9.17) is 4.74 Å². The molecule has 0 radical (unpaired) electrons. The van der Waals surface area contributed by atoms with Crippen molar-refractivity contribution in [2.75, 3.05) is 20.2 Å². The molecule has 124 valence electrons. The largest absolute Gasteiger partial charge is 0.379 e. The lowest BCUT2D eigenvalue weighted by molar-refractivity contribution is 0.00877. The smallest absolute Gasteiger partial charge is 0.0770 e. The SMILES string of the molecule is CCCN(CCc1cccs1)[C@@H]1Cc2ccccc2C[C@H]1OC. The van der Waals surface area contributed by atoms with E-state index in [1.54, 1.807) is 0 Å². The number of fused-ring (bicyclic) bond motifs is 1. The number of rotatable bonds is 7. The summed E-state index contributed by atoms with van der Waals surface area (Å²) >= 11 is 1.87. The number of thiophene rings is 1. The van der Waals surface area contributed by atoms with Crippen LogP contribution in [0, 0.1) is 0 Å². The second kappa shape index (κ2) is 8.09. The van der Waals surface area contributed by atoms with Gasteiger partial charge in [-0.15, -0.1) is 11.3 Å². The fraction of sp³-hybridized carbons (Fsp3) is 0.500. The molecular formula is C20H27NOS. The Bertz CT molecular complexity index is 595. The molecular weight excluding hydrogens is 302 g/mol. The highest BCUT2D eigenvalue weighted by molar-refractivity contribution is 7.09. The van der Waals surface area contributed by atoms with Crippen molar-refractivity contribution in [2.24, 2.45) is 0 Å². The van der Waals surface area contributed by atoms with E-state index in [-0.39, 0.29) is 0 Å². The molecule has 1 aromatic heterocycles. The van der Waals surface area contributed by atoms with Crippen LogP contribution in [0.15, 0.2) is 41.8 Å². The minimum atomic E-state index is 0.305. The molecule has 1 aliphatic carbocycles. The molecule has 3 heteroatoms. The molecule has 0 saturated heterocycles. The van der Waals surface area contributed by atoms with Gasteiger partial charge in [0.15, 0.2) is 0 Å². The first-order chi connectivity index (χ1) is 11.3. The molecule has 1 aliphatic rings. The van der Waals surface area contributed by atoms with E-state index in [1.165, 1.54) is 22.4 Å². The number of ether oxygens (including phenoxy) is 1. The Labute approximate surface area is 144 Å². The summed E-state index contributed by atoms with van der Waals surface area (Å²) in [6, 6.07) is 13.8. The third-order valence-corrected chi connectivity index (χ3v) is 5.84. The summed E-state index contributed by atoms with van der Waals surface area (Å²) in [6.07, 6.45) is 4.79. The quantitative estimate of drug-likeness (QED) is 0.755. The number of methoxy groups -OCH3 is 1. The Morgan fingerprint density at radius 3 is 2.52 bits per heavy atom. The Hall–Kier alpha value is -1.16. The molecule has 0 bridgehead atoms. The lowest BCUT2D eigenvalue weighted by atomic mass is 9.85. The molecule has 2 aromatic rings. The van der Waals surface area contributed by atoms with Crippen LogP contribution in [0.4, 0.5) is 0 Å². The molecule has 0 amide bonds. The van der Waals surface area contributed by atoms with Crippen LogP contribution in [0.1, 0.15) is 29.3 Å². The summed E-state index contributed by atoms with van der Waals surface area (Å²) in [7, 11) is 1.87. The molecule has 0 N–H and O–H groups in total. The third-order valence-electron chi connectivity index (χ3n) is 4.91. The summed E-state index contributed by atoms with van der Waals surface area (Å²) < 4.78 is 5.89. The van der Waals surface area contributed by atoms with Crippen molar-refractivity contribution in [3.05, 3.63) is 57.8 Å². The van der Waals surface area contributed by atoms with Crippen LogP contribution in [0.2, 0.25) is 0 Å². The van der Waals surface area contributed by atoms with Crippen molar-refractivity contribution in [1.82, 2.24) is 4.90 Å². The second-order valence-electron chi connectivity index (χ2n) is 6.38. The predicted molar refractivity (Wildman–Crippen MR) is 98.3 cm³/mol. The summed E-state index contributed by atoms with van der Waals surface area (Å²) in [6.45, 7) is 4.55. The van der Waals surface area contributed by atoms with E-state index in [1.807, 2.05) is 18.4 Å². The lowest BCUT2D eigenvalue weighted by Crippen LogP contribution is -2.50. The van der Waals surface area contributed by atoms with Crippen molar-refractivity contribution >= 4 is 11.3 Å². The molecule has 23 heavy (non-hydrogen) atoms. The molecule has 0 saturated carbocycles. The van der Waals surface area contributed by atoms with Gasteiger partial charge < -0.3 is 4.74 Å². The van der Waals surface area contributed by atoms with E-state index < -0.39 is 0 Å². The first-order valence-corrected chi connectivity index (χ1v) is 9.55. The maximum atomic E-state index is 5.89. The van der Waals surface area contributed by atoms with Crippen molar-refractivity contribution in [1.29, 1.82) is 0 Å². The molecule has 0 fully saturated rings. The van der Waals surface area contributed by atoms with E-state index in [0.717, 1.165) is 32.4 Å². The number of nitrogens with zero attached hydrogens (tertiary/aromatic N) is 1. The lowest BCUT2D eigenvalue weighted by Gasteiger charge is -2.40.